The van der Waals surface area contributed by atoms with Gasteiger partial charge in [0.2, 0.25) is 15.9 Å². The molecule has 3 rings (SSSR count). The molecular formula is C20H28F2N2O3S. The first-order chi connectivity index (χ1) is 13.3. The van der Waals surface area contributed by atoms with Gasteiger partial charge in [0.15, 0.2) is 0 Å². The predicted molar refractivity (Wildman–Crippen MR) is 102 cm³/mol. The highest BCUT2D eigenvalue weighted by Crippen LogP contribution is 2.28. The van der Waals surface area contributed by atoms with Gasteiger partial charge in [-0.05, 0) is 62.6 Å². The maximum Gasteiger partial charge on any atom is 0.246 e. The van der Waals surface area contributed by atoms with Crippen molar-refractivity contribution in [1.82, 2.24) is 9.62 Å². The minimum atomic E-state index is -4.11. The van der Waals surface area contributed by atoms with Crippen LogP contribution >= 0.6 is 0 Å². The second-order valence-electron chi connectivity index (χ2n) is 7.89. The Morgan fingerprint density at radius 1 is 1.11 bits per heavy atom. The van der Waals surface area contributed by atoms with E-state index in [0.29, 0.717) is 18.9 Å². The Hall–Kier alpha value is -1.54. The summed E-state index contributed by atoms with van der Waals surface area (Å²) in [6.07, 6.45) is 6.21. The van der Waals surface area contributed by atoms with Crippen LogP contribution in [0.5, 0.6) is 0 Å². The number of amides is 1. The van der Waals surface area contributed by atoms with E-state index in [1.54, 1.807) is 0 Å². The van der Waals surface area contributed by atoms with Crippen molar-refractivity contribution in [3.05, 3.63) is 29.8 Å². The molecule has 5 nitrogen and oxygen atoms in total. The lowest BCUT2D eigenvalue weighted by atomic mass is 9.84. The van der Waals surface area contributed by atoms with E-state index in [0.717, 1.165) is 48.0 Å². The number of halogens is 2. The van der Waals surface area contributed by atoms with Crippen LogP contribution in [0.1, 0.15) is 51.9 Å². The second-order valence-corrected chi connectivity index (χ2v) is 9.79. The van der Waals surface area contributed by atoms with Crippen LogP contribution in [0.4, 0.5) is 8.78 Å². The van der Waals surface area contributed by atoms with Gasteiger partial charge in [-0.25, -0.2) is 17.2 Å². The van der Waals surface area contributed by atoms with Gasteiger partial charge in [-0.3, -0.25) is 4.79 Å². The van der Waals surface area contributed by atoms with Crippen LogP contribution in [0.2, 0.25) is 0 Å². The number of benzene rings is 1. The first-order valence-corrected chi connectivity index (χ1v) is 11.5. The molecule has 1 amide bonds. The molecule has 8 heteroatoms. The molecule has 0 bridgehead atoms. The summed E-state index contributed by atoms with van der Waals surface area (Å²) in [6.45, 7) is 2.44. The smallest absolute Gasteiger partial charge is 0.246 e. The highest BCUT2D eigenvalue weighted by atomic mass is 32.2. The number of carbonyl (C=O) groups is 1. The van der Waals surface area contributed by atoms with Crippen molar-refractivity contribution in [2.45, 2.75) is 62.8 Å². The van der Waals surface area contributed by atoms with Crippen LogP contribution in [-0.4, -0.2) is 37.8 Å². The molecule has 1 saturated carbocycles. The van der Waals surface area contributed by atoms with Gasteiger partial charge in [-0.1, -0.05) is 13.3 Å². The Bertz CT molecular complexity index is 800. The lowest BCUT2D eigenvalue weighted by Crippen LogP contribution is -2.46. The Morgan fingerprint density at radius 3 is 2.36 bits per heavy atom. The molecule has 156 valence electrons. The van der Waals surface area contributed by atoms with Crippen LogP contribution in [0, 0.1) is 23.5 Å². The largest absolute Gasteiger partial charge is 0.353 e. The fourth-order valence-electron chi connectivity index (χ4n) is 4.21. The lowest BCUT2D eigenvalue weighted by molar-refractivity contribution is -0.127. The minimum Gasteiger partial charge on any atom is -0.353 e. The molecule has 1 aliphatic carbocycles. The molecule has 1 N–H and O–H groups in total. The van der Waals surface area contributed by atoms with E-state index in [1.807, 2.05) is 0 Å². The fourth-order valence-corrected chi connectivity index (χ4v) is 5.75. The van der Waals surface area contributed by atoms with Gasteiger partial charge in [0.05, 0.1) is 0 Å². The highest BCUT2D eigenvalue weighted by molar-refractivity contribution is 7.89. The second kappa shape index (κ2) is 8.86. The lowest BCUT2D eigenvalue weighted by Gasteiger charge is -2.33. The van der Waals surface area contributed by atoms with E-state index in [-0.39, 0.29) is 31.0 Å². The van der Waals surface area contributed by atoms with Gasteiger partial charge in [-0.2, -0.15) is 4.31 Å². The standard InChI is InChI=1S/C20H28F2N2O3S/c1-2-14-3-6-17(7-4-14)23-20(25)15-9-11-24(12-10-15)28(26,27)19-13-16(21)5-8-18(19)22/h5,8,13-15,17H,2-4,6-7,9-12H2,1H3,(H,23,25). The van der Waals surface area contributed by atoms with Crippen LogP contribution < -0.4 is 5.32 Å². The molecule has 1 aromatic rings. The van der Waals surface area contributed by atoms with Gasteiger partial charge >= 0.3 is 0 Å². The first kappa shape index (κ1) is 21.2. The Kier molecular flexibility index (Phi) is 6.70. The maximum atomic E-state index is 13.9. The molecule has 0 aromatic heterocycles. The number of rotatable bonds is 5. The zero-order valence-electron chi connectivity index (χ0n) is 16.2. The number of hydrogen-bond acceptors (Lipinski definition) is 3. The summed E-state index contributed by atoms with van der Waals surface area (Å²) in [5.74, 6) is -1.28. The number of sulfonamides is 1. The fraction of sp³-hybridized carbons (Fsp3) is 0.650. The summed E-state index contributed by atoms with van der Waals surface area (Å²) in [4.78, 5) is 11.9. The Morgan fingerprint density at radius 2 is 1.75 bits per heavy atom. The third-order valence-corrected chi connectivity index (χ3v) is 8.02. The molecule has 1 aliphatic heterocycles. The zero-order chi connectivity index (χ0) is 20.3. The van der Waals surface area contributed by atoms with E-state index in [4.69, 9.17) is 0 Å². The quantitative estimate of drug-likeness (QED) is 0.803. The van der Waals surface area contributed by atoms with Gasteiger partial charge in [0, 0.05) is 25.0 Å². The molecule has 1 saturated heterocycles. The molecular weight excluding hydrogens is 386 g/mol. The highest BCUT2D eigenvalue weighted by Gasteiger charge is 2.34. The molecule has 2 aliphatic rings. The van der Waals surface area contributed by atoms with E-state index in [9.17, 15) is 22.0 Å². The summed E-state index contributed by atoms with van der Waals surface area (Å²) in [7, 11) is -4.11. The van der Waals surface area contributed by atoms with Crippen molar-refractivity contribution < 1.29 is 22.0 Å². The van der Waals surface area contributed by atoms with Gasteiger partial charge in [0.1, 0.15) is 16.5 Å². The summed E-state index contributed by atoms with van der Waals surface area (Å²) >= 11 is 0. The number of nitrogens with zero attached hydrogens (tertiary/aromatic N) is 1. The molecule has 0 spiro atoms. The molecule has 2 fully saturated rings. The first-order valence-electron chi connectivity index (χ1n) is 10.1. The topological polar surface area (TPSA) is 66.5 Å². The number of hydrogen-bond donors (Lipinski definition) is 1. The predicted octanol–water partition coefficient (Wildman–Crippen LogP) is 3.45. The van der Waals surface area contributed by atoms with Gasteiger partial charge in [0.25, 0.3) is 0 Å². The van der Waals surface area contributed by atoms with Crippen LogP contribution in [0.15, 0.2) is 23.1 Å². The summed E-state index contributed by atoms with van der Waals surface area (Å²) in [5, 5.41) is 3.12. The van der Waals surface area contributed by atoms with Crippen LogP contribution in [0.25, 0.3) is 0 Å². The summed E-state index contributed by atoms with van der Waals surface area (Å²) < 4.78 is 53.7. The van der Waals surface area contributed by atoms with E-state index >= 15 is 0 Å². The zero-order valence-corrected chi connectivity index (χ0v) is 17.0. The number of carbonyl (C=O) groups excluding carboxylic acids is 1. The van der Waals surface area contributed by atoms with Gasteiger partial charge in [-0.15, -0.1) is 0 Å². The maximum absolute atomic E-state index is 13.9. The average molecular weight is 415 g/mol. The molecule has 0 radical (unpaired) electrons. The van der Waals surface area contributed by atoms with Gasteiger partial charge < -0.3 is 5.32 Å². The SMILES string of the molecule is CCC1CCC(NC(=O)C2CCN(S(=O)(=O)c3cc(F)ccc3F)CC2)CC1. The normalized spacial score (nSPS) is 24.8. The third kappa shape index (κ3) is 4.71. The van der Waals surface area contributed by atoms with Crippen molar-refractivity contribution in [2.75, 3.05) is 13.1 Å². The van der Waals surface area contributed by atoms with Crippen molar-refractivity contribution in [1.29, 1.82) is 0 Å². The molecule has 0 unspecified atom stereocenters. The molecule has 1 aromatic carbocycles. The van der Waals surface area contributed by atoms with Crippen molar-refractivity contribution in [3.63, 3.8) is 0 Å². The summed E-state index contributed by atoms with van der Waals surface area (Å²) in [6, 6.07) is 2.61. The Balaban J connectivity index is 1.55. The number of piperidine rings is 1. The molecule has 28 heavy (non-hydrogen) atoms. The van der Waals surface area contributed by atoms with Crippen molar-refractivity contribution in [3.8, 4) is 0 Å². The van der Waals surface area contributed by atoms with E-state index in [2.05, 4.69) is 12.2 Å². The molecule has 1 heterocycles. The van der Waals surface area contributed by atoms with E-state index in [1.165, 1.54) is 6.42 Å². The molecule has 0 atom stereocenters. The van der Waals surface area contributed by atoms with Crippen LogP contribution in [0.3, 0.4) is 0 Å². The van der Waals surface area contributed by atoms with Crippen molar-refractivity contribution >= 4 is 15.9 Å². The number of nitrogens with one attached hydrogen (secondary N) is 1. The monoisotopic (exact) mass is 414 g/mol. The van der Waals surface area contributed by atoms with Crippen LogP contribution in [-0.2, 0) is 14.8 Å². The summed E-state index contributed by atoms with van der Waals surface area (Å²) in [5.41, 5.74) is 0. The average Bonchev–Trinajstić information content (AvgIpc) is 2.70. The minimum absolute atomic E-state index is 0.0195. The third-order valence-electron chi connectivity index (χ3n) is 6.11. The Labute approximate surface area is 165 Å². The van der Waals surface area contributed by atoms with Crippen molar-refractivity contribution in [2.24, 2.45) is 11.8 Å². The van der Waals surface area contributed by atoms with E-state index < -0.39 is 26.6 Å².